The lowest BCUT2D eigenvalue weighted by atomic mass is 10.3. The van der Waals surface area contributed by atoms with Crippen LogP contribution >= 0.6 is 15.9 Å². The average Bonchev–Trinajstić information content (AvgIpc) is 2.34. The van der Waals surface area contributed by atoms with E-state index in [1.807, 2.05) is 0 Å². The number of hydrogen-bond acceptors (Lipinski definition) is 1. The van der Waals surface area contributed by atoms with E-state index in [0.29, 0.717) is 6.10 Å². The van der Waals surface area contributed by atoms with Gasteiger partial charge >= 0.3 is 0 Å². The van der Waals surface area contributed by atoms with Gasteiger partial charge in [-0.1, -0.05) is 28.8 Å². The molecule has 1 fully saturated rings. The maximum Gasteiger partial charge on any atom is 0.0575 e. The molecular weight excluding hydrogens is 180 g/mol. The van der Waals surface area contributed by atoms with Gasteiger partial charge in [0.25, 0.3) is 0 Å². The summed E-state index contributed by atoms with van der Waals surface area (Å²) < 4.78 is 5.51. The highest BCUT2D eigenvalue weighted by Gasteiger charge is 2.13. The van der Waals surface area contributed by atoms with Crippen LogP contribution in [0, 0.1) is 0 Å². The summed E-state index contributed by atoms with van der Waals surface area (Å²) in [4.78, 5) is 0. The van der Waals surface area contributed by atoms with Crippen LogP contribution in [0.15, 0.2) is 0 Å². The topological polar surface area (TPSA) is 9.23 Å². The zero-order chi connectivity index (χ0) is 6.53. The Morgan fingerprint density at radius 1 is 1.33 bits per heavy atom. The summed E-state index contributed by atoms with van der Waals surface area (Å²) in [5, 5.41) is 0.976. The van der Waals surface area contributed by atoms with Gasteiger partial charge in [0.15, 0.2) is 0 Å². The van der Waals surface area contributed by atoms with Gasteiger partial charge in [-0.3, -0.25) is 0 Å². The van der Waals surface area contributed by atoms with Crippen molar-refractivity contribution in [2.45, 2.75) is 31.8 Å². The summed E-state index contributed by atoms with van der Waals surface area (Å²) in [6.45, 7) is 0.880. The van der Waals surface area contributed by atoms with Crippen LogP contribution in [-0.4, -0.2) is 18.0 Å². The standard InChI is InChI=1S/C7H13BrO/c8-5-6-9-7-3-1-2-4-7/h7H,1-6H2. The van der Waals surface area contributed by atoms with Crippen LogP contribution in [-0.2, 0) is 4.74 Å². The van der Waals surface area contributed by atoms with E-state index in [2.05, 4.69) is 15.9 Å². The number of hydrogen-bond donors (Lipinski definition) is 0. The lowest BCUT2D eigenvalue weighted by Crippen LogP contribution is -2.08. The molecule has 0 aromatic carbocycles. The minimum atomic E-state index is 0.586. The SMILES string of the molecule is BrCCOC1CCCC1. The molecular formula is C7H13BrO. The molecule has 0 atom stereocenters. The molecule has 0 saturated heterocycles. The highest BCUT2D eigenvalue weighted by molar-refractivity contribution is 9.09. The van der Waals surface area contributed by atoms with Crippen molar-refractivity contribution in [2.24, 2.45) is 0 Å². The molecule has 2 heteroatoms. The quantitative estimate of drug-likeness (QED) is 0.625. The summed E-state index contributed by atoms with van der Waals surface area (Å²) in [7, 11) is 0. The molecule has 54 valence electrons. The fourth-order valence-corrected chi connectivity index (χ4v) is 1.45. The van der Waals surface area contributed by atoms with Crippen LogP contribution in [0.5, 0.6) is 0 Å². The third-order valence-corrected chi connectivity index (χ3v) is 2.06. The van der Waals surface area contributed by atoms with E-state index in [9.17, 15) is 0 Å². The van der Waals surface area contributed by atoms with Crippen LogP contribution in [0.4, 0.5) is 0 Å². The fraction of sp³-hybridized carbons (Fsp3) is 1.00. The van der Waals surface area contributed by atoms with E-state index in [1.165, 1.54) is 25.7 Å². The first-order valence-electron chi connectivity index (χ1n) is 3.61. The highest BCUT2D eigenvalue weighted by atomic mass is 79.9. The maximum absolute atomic E-state index is 5.51. The zero-order valence-electron chi connectivity index (χ0n) is 5.61. The van der Waals surface area contributed by atoms with Gasteiger partial charge in [-0.2, -0.15) is 0 Å². The van der Waals surface area contributed by atoms with Crippen molar-refractivity contribution in [1.29, 1.82) is 0 Å². The minimum Gasteiger partial charge on any atom is -0.377 e. The van der Waals surface area contributed by atoms with Crippen molar-refractivity contribution in [3.63, 3.8) is 0 Å². The second kappa shape index (κ2) is 4.29. The first kappa shape index (κ1) is 7.55. The molecule has 0 aromatic rings. The second-order valence-electron chi connectivity index (χ2n) is 2.47. The van der Waals surface area contributed by atoms with Gasteiger partial charge in [0.05, 0.1) is 12.7 Å². The Balaban J connectivity index is 1.98. The predicted molar refractivity (Wildman–Crippen MR) is 42.0 cm³/mol. The largest absolute Gasteiger partial charge is 0.377 e. The molecule has 0 unspecified atom stereocenters. The zero-order valence-corrected chi connectivity index (χ0v) is 7.19. The van der Waals surface area contributed by atoms with Crippen molar-refractivity contribution in [2.75, 3.05) is 11.9 Å². The fourth-order valence-electron chi connectivity index (χ4n) is 1.27. The van der Waals surface area contributed by atoms with E-state index in [0.717, 1.165) is 11.9 Å². The van der Waals surface area contributed by atoms with E-state index in [4.69, 9.17) is 4.74 Å². The maximum atomic E-state index is 5.51. The van der Waals surface area contributed by atoms with Crippen LogP contribution in [0.3, 0.4) is 0 Å². The molecule has 0 bridgehead atoms. The lowest BCUT2D eigenvalue weighted by molar-refractivity contribution is 0.0709. The van der Waals surface area contributed by atoms with E-state index < -0.39 is 0 Å². The molecule has 0 aliphatic heterocycles. The van der Waals surface area contributed by atoms with Crippen molar-refractivity contribution < 1.29 is 4.74 Å². The third kappa shape index (κ3) is 2.67. The number of rotatable bonds is 3. The molecule has 0 heterocycles. The Morgan fingerprint density at radius 2 is 2.00 bits per heavy atom. The molecule has 1 nitrogen and oxygen atoms in total. The van der Waals surface area contributed by atoms with Crippen LogP contribution in [0.25, 0.3) is 0 Å². The summed E-state index contributed by atoms with van der Waals surface area (Å²) >= 11 is 3.33. The highest BCUT2D eigenvalue weighted by Crippen LogP contribution is 2.20. The molecule has 1 aliphatic carbocycles. The molecule has 1 saturated carbocycles. The average molecular weight is 193 g/mol. The van der Waals surface area contributed by atoms with Gasteiger partial charge < -0.3 is 4.74 Å². The van der Waals surface area contributed by atoms with E-state index in [1.54, 1.807) is 0 Å². The Kier molecular flexibility index (Phi) is 3.59. The molecule has 9 heavy (non-hydrogen) atoms. The Bertz CT molecular complexity index is 69.3. The Labute approximate surface area is 64.9 Å². The summed E-state index contributed by atoms with van der Waals surface area (Å²) in [6.07, 6.45) is 5.89. The number of alkyl halides is 1. The number of ether oxygens (including phenoxy) is 1. The minimum absolute atomic E-state index is 0.586. The van der Waals surface area contributed by atoms with Gasteiger partial charge in [0.2, 0.25) is 0 Å². The van der Waals surface area contributed by atoms with Crippen molar-refractivity contribution in [3.05, 3.63) is 0 Å². The Hall–Kier alpha value is 0.440. The van der Waals surface area contributed by atoms with Gasteiger partial charge in [0.1, 0.15) is 0 Å². The van der Waals surface area contributed by atoms with Crippen LogP contribution in [0.2, 0.25) is 0 Å². The van der Waals surface area contributed by atoms with Gasteiger partial charge in [-0.25, -0.2) is 0 Å². The summed E-state index contributed by atoms with van der Waals surface area (Å²) in [5.74, 6) is 0. The lowest BCUT2D eigenvalue weighted by Gasteiger charge is -2.07. The molecule has 1 aliphatic rings. The van der Waals surface area contributed by atoms with Crippen molar-refractivity contribution in [3.8, 4) is 0 Å². The smallest absolute Gasteiger partial charge is 0.0575 e. The molecule has 0 radical (unpaired) electrons. The number of halogens is 1. The first-order chi connectivity index (χ1) is 4.43. The molecule has 0 amide bonds. The molecule has 0 aromatic heterocycles. The van der Waals surface area contributed by atoms with Crippen LogP contribution in [0.1, 0.15) is 25.7 Å². The van der Waals surface area contributed by atoms with Crippen LogP contribution < -0.4 is 0 Å². The summed E-state index contributed by atoms with van der Waals surface area (Å²) in [6, 6.07) is 0. The van der Waals surface area contributed by atoms with E-state index >= 15 is 0 Å². The van der Waals surface area contributed by atoms with E-state index in [-0.39, 0.29) is 0 Å². The normalized spacial score (nSPS) is 21.0. The molecule has 0 N–H and O–H groups in total. The molecule has 1 rings (SSSR count). The Morgan fingerprint density at radius 3 is 2.56 bits per heavy atom. The van der Waals surface area contributed by atoms with Crippen molar-refractivity contribution in [1.82, 2.24) is 0 Å². The predicted octanol–water partition coefficient (Wildman–Crippen LogP) is 2.34. The monoisotopic (exact) mass is 192 g/mol. The second-order valence-corrected chi connectivity index (χ2v) is 3.26. The molecule has 0 spiro atoms. The third-order valence-electron chi connectivity index (χ3n) is 1.73. The van der Waals surface area contributed by atoms with Gasteiger partial charge in [-0.15, -0.1) is 0 Å². The van der Waals surface area contributed by atoms with Crippen molar-refractivity contribution >= 4 is 15.9 Å². The van der Waals surface area contributed by atoms with Gasteiger partial charge in [-0.05, 0) is 12.8 Å². The first-order valence-corrected chi connectivity index (χ1v) is 4.73. The van der Waals surface area contributed by atoms with Gasteiger partial charge in [0, 0.05) is 5.33 Å². The summed E-state index contributed by atoms with van der Waals surface area (Å²) in [5.41, 5.74) is 0.